The number of nitrogens with zero attached hydrogens (tertiary/aromatic N) is 4. The normalized spacial score (nSPS) is 10.7. The molecule has 10 nitrogen and oxygen atoms in total. The molecule has 176 valence electrons. The van der Waals surface area contributed by atoms with Crippen LogP contribution in [0.3, 0.4) is 0 Å². The summed E-state index contributed by atoms with van der Waals surface area (Å²) in [6, 6.07) is 5.26. The zero-order valence-electron chi connectivity index (χ0n) is 19.0. The zero-order valence-corrected chi connectivity index (χ0v) is 20.6. The Morgan fingerprint density at radius 3 is 2.67 bits per heavy atom. The van der Waals surface area contributed by atoms with Gasteiger partial charge in [-0.05, 0) is 48.4 Å². The van der Waals surface area contributed by atoms with Crippen LogP contribution in [-0.2, 0) is 16.0 Å². The number of ether oxygens (including phenoxy) is 3. The Morgan fingerprint density at radius 1 is 1.21 bits per heavy atom. The highest BCUT2D eigenvalue weighted by Gasteiger charge is 2.24. The van der Waals surface area contributed by atoms with Gasteiger partial charge in [0.05, 0.1) is 32.1 Å². The van der Waals surface area contributed by atoms with Gasteiger partial charge in [0.2, 0.25) is 11.1 Å². The van der Waals surface area contributed by atoms with Gasteiger partial charge in [0.1, 0.15) is 22.2 Å². The Balaban J connectivity index is 1.77. The van der Waals surface area contributed by atoms with Crippen LogP contribution in [0.5, 0.6) is 11.5 Å². The van der Waals surface area contributed by atoms with E-state index in [2.05, 4.69) is 20.8 Å². The molecule has 0 aliphatic carbocycles. The molecule has 0 saturated carbocycles. The Hall–Kier alpha value is -3.12. The number of methoxy groups -OCH3 is 2. The number of tetrazole rings is 1. The number of aromatic nitrogens is 4. The summed E-state index contributed by atoms with van der Waals surface area (Å²) in [6.45, 7) is 5.90. The third-order valence-corrected chi connectivity index (χ3v) is 6.66. The molecule has 0 unspecified atom stereocenters. The van der Waals surface area contributed by atoms with Crippen LogP contribution >= 0.6 is 23.1 Å². The van der Waals surface area contributed by atoms with Crippen LogP contribution < -0.4 is 14.8 Å². The number of nitrogens with one attached hydrogen (secondary N) is 1. The van der Waals surface area contributed by atoms with Gasteiger partial charge in [-0.1, -0.05) is 18.7 Å². The molecule has 0 aliphatic rings. The van der Waals surface area contributed by atoms with Gasteiger partial charge >= 0.3 is 5.97 Å². The molecular formula is C21H25N5O5S2. The van der Waals surface area contributed by atoms with Crippen molar-refractivity contribution in [2.75, 3.05) is 31.9 Å². The van der Waals surface area contributed by atoms with Gasteiger partial charge in [-0.15, -0.1) is 16.4 Å². The maximum Gasteiger partial charge on any atom is 0.341 e. The molecule has 0 aliphatic heterocycles. The molecule has 3 aromatic rings. The minimum absolute atomic E-state index is 0.0350. The molecule has 2 aromatic heterocycles. The quantitative estimate of drug-likeness (QED) is 0.336. The number of thioether (sulfide) groups is 1. The molecular weight excluding hydrogens is 466 g/mol. The Bertz CT molecular complexity index is 1140. The predicted octanol–water partition coefficient (Wildman–Crippen LogP) is 3.52. The Labute approximate surface area is 199 Å². The van der Waals surface area contributed by atoms with Crippen LogP contribution in [0, 0.1) is 6.92 Å². The van der Waals surface area contributed by atoms with Gasteiger partial charge < -0.3 is 19.5 Å². The van der Waals surface area contributed by atoms with E-state index >= 15 is 0 Å². The fourth-order valence-electron chi connectivity index (χ4n) is 3.19. The van der Waals surface area contributed by atoms with Crippen molar-refractivity contribution in [3.05, 3.63) is 34.2 Å². The number of aryl methyl sites for hydroxylation is 1. The van der Waals surface area contributed by atoms with E-state index in [1.54, 1.807) is 39.3 Å². The molecule has 0 spiro atoms. The first kappa shape index (κ1) is 24.5. The van der Waals surface area contributed by atoms with E-state index in [1.807, 2.05) is 13.8 Å². The van der Waals surface area contributed by atoms with Crippen molar-refractivity contribution in [3.8, 4) is 17.2 Å². The number of hydrogen-bond acceptors (Lipinski definition) is 10. The molecule has 3 rings (SSSR count). The van der Waals surface area contributed by atoms with Crippen LogP contribution in [0.4, 0.5) is 5.00 Å². The van der Waals surface area contributed by atoms with E-state index in [9.17, 15) is 9.59 Å². The van der Waals surface area contributed by atoms with Crippen LogP contribution in [0.15, 0.2) is 23.4 Å². The highest BCUT2D eigenvalue weighted by Crippen LogP contribution is 2.34. The number of anilines is 1. The highest BCUT2D eigenvalue weighted by molar-refractivity contribution is 7.99. The number of rotatable bonds is 10. The molecule has 0 saturated heterocycles. The second-order valence-corrected chi connectivity index (χ2v) is 8.83. The molecule has 0 atom stereocenters. The fourth-order valence-corrected chi connectivity index (χ4v) is 5.02. The lowest BCUT2D eigenvalue weighted by Crippen LogP contribution is -2.17. The van der Waals surface area contributed by atoms with Crippen molar-refractivity contribution in [1.29, 1.82) is 0 Å². The molecule has 1 aromatic carbocycles. The van der Waals surface area contributed by atoms with Crippen molar-refractivity contribution in [2.45, 2.75) is 32.3 Å². The smallest absolute Gasteiger partial charge is 0.341 e. The fraction of sp³-hybridized carbons (Fsp3) is 0.381. The monoisotopic (exact) mass is 491 g/mol. The summed E-state index contributed by atoms with van der Waals surface area (Å²) in [4.78, 5) is 26.2. The first-order chi connectivity index (χ1) is 15.9. The highest BCUT2D eigenvalue weighted by atomic mass is 32.2. The second kappa shape index (κ2) is 11.1. The van der Waals surface area contributed by atoms with Gasteiger partial charge in [0, 0.05) is 10.9 Å². The largest absolute Gasteiger partial charge is 0.497 e. The van der Waals surface area contributed by atoms with Crippen molar-refractivity contribution in [1.82, 2.24) is 20.2 Å². The summed E-state index contributed by atoms with van der Waals surface area (Å²) in [6.07, 6.45) is 0.665. The molecule has 1 amide bonds. The van der Waals surface area contributed by atoms with Crippen LogP contribution in [0.1, 0.15) is 34.6 Å². The lowest BCUT2D eigenvalue weighted by Gasteiger charge is -2.11. The summed E-state index contributed by atoms with van der Waals surface area (Å²) in [7, 11) is 3.11. The molecule has 33 heavy (non-hydrogen) atoms. The number of thiophene rings is 1. The standard InChI is InChI=1S/C21H25N5O5S2/c1-6-14-12(3)33-19(18(14)20(28)31-7-2)22-17(27)11-32-21-23-24-25-26(21)15-10-13(29-4)8-9-16(15)30-5/h8-10H,6-7,11H2,1-5H3,(H,22,27). The maximum absolute atomic E-state index is 12.7. The number of benzene rings is 1. The molecule has 1 N–H and O–H groups in total. The first-order valence-corrected chi connectivity index (χ1v) is 12.0. The third-order valence-electron chi connectivity index (χ3n) is 4.68. The zero-order chi connectivity index (χ0) is 24.0. The summed E-state index contributed by atoms with van der Waals surface area (Å²) < 4.78 is 17.4. The van der Waals surface area contributed by atoms with Crippen molar-refractivity contribution in [2.24, 2.45) is 0 Å². The van der Waals surface area contributed by atoms with Gasteiger partial charge in [-0.25, -0.2) is 4.79 Å². The summed E-state index contributed by atoms with van der Waals surface area (Å²) >= 11 is 2.52. The topological polar surface area (TPSA) is 117 Å². The van der Waals surface area contributed by atoms with Crippen molar-refractivity contribution in [3.63, 3.8) is 0 Å². The number of amides is 1. The van der Waals surface area contributed by atoms with E-state index in [0.29, 0.717) is 39.3 Å². The molecule has 0 fully saturated rings. The van der Waals surface area contributed by atoms with E-state index < -0.39 is 5.97 Å². The van der Waals surface area contributed by atoms with E-state index in [0.717, 1.165) is 22.2 Å². The van der Waals surface area contributed by atoms with Crippen LogP contribution in [0.25, 0.3) is 5.69 Å². The first-order valence-electron chi connectivity index (χ1n) is 10.2. The molecule has 12 heteroatoms. The van der Waals surface area contributed by atoms with Gasteiger partial charge in [0.25, 0.3) is 0 Å². The van der Waals surface area contributed by atoms with Crippen molar-refractivity contribution >= 4 is 40.0 Å². The number of esters is 1. The Morgan fingerprint density at radius 2 is 2.00 bits per heavy atom. The lowest BCUT2D eigenvalue weighted by atomic mass is 10.1. The maximum atomic E-state index is 12.7. The lowest BCUT2D eigenvalue weighted by molar-refractivity contribution is -0.113. The van der Waals surface area contributed by atoms with E-state index in [-0.39, 0.29) is 18.3 Å². The van der Waals surface area contributed by atoms with Gasteiger partial charge in [-0.2, -0.15) is 4.68 Å². The average Bonchev–Trinajstić information content (AvgIpc) is 3.40. The summed E-state index contributed by atoms with van der Waals surface area (Å²) in [5.74, 6) is 0.473. The molecule has 2 heterocycles. The van der Waals surface area contributed by atoms with E-state index in [1.165, 1.54) is 16.0 Å². The number of carbonyl (C=O) groups is 2. The third kappa shape index (κ3) is 5.45. The average molecular weight is 492 g/mol. The minimum Gasteiger partial charge on any atom is -0.497 e. The summed E-state index contributed by atoms with van der Waals surface area (Å²) in [5, 5.41) is 15.5. The number of carbonyl (C=O) groups excluding carboxylic acids is 2. The minimum atomic E-state index is -0.435. The molecule has 0 radical (unpaired) electrons. The predicted molar refractivity (Wildman–Crippen MR) is 126 cm³/mol. The summed E-state index contributed by atoms with van der Waals surface area (Å²) in [5.41, 5.74) is 1.89. The van der Waals surface area contributed by atoms with Gasteiger partial charge in [-0.3, -0.25) is 4.79 Å². The van der Waals surface area contributed by atoms with Crippen molar-refractivity contribution < 1.29 is 23.8 Å². The van der Waals surface area contributed by atoms with Crippen LogP contribution in [0.2, 0.25) is 0 Å². The second-order valence-electron chi connectivity index (χ2n) is 6.66. The SMILES string of the molecule is CCOC(=O)c1c(NC(=O)CSc2nnnn2-c2cc(OC)ccc2OC)sc(C)c1CC. The van der Waals surface area contributed by atoms with E-state index in [4.69, 9.17) is 14.2 Å². The Kier molecular flexibility index (Phi) is 8.28. The van der Waals surface area contributed by atoms with Gasteiger partial charge in [0.15, 0.2) is 0 Å². The number of hydrogen-bond donors (Lipinski definition) is 1. The molecule has 0 bridgehead atoms. The van der Waals surface area contributed by atoms with Crippen LogP contribution in [-0.4, -0.2) is 58.7 Å².